The lowest BCUT2D eigenvalue weighted by Crippen LogP contribution is -2.27. The van der Waals surface area contributed by atoms with Crippen molar-refractivity contribution in [2.24, 2.45) is 0 Å². The molecule has 0 aliphatic carbocycles. The molecule has 7 heteroatoms. The summed E-state index contributed by atoms with van der Waals surface area (Å²) >= 11 is 0. The molecule has 0 radical (unpaired) electrons. The highest BCUT2D eigenvalue weighted by atomic mass is 19.1. The third-order valence-corrected chi connectivity index (χ3v) is 3.08. The van der Waals surface area contributed by atoms with Crippen molar-refractivity contribution in [2.45, 2.75) is 13.0 Å². The number of methoxy groups -OCH3 is 1. The molecule has 1 atom stereocenters. The van der Waals surface area contributed by atoms with Crippen LogP contribution in [0.15, 0.2) is 30.5 Å². The summed E-state index contributed by atoms with van der Waals surface area (Å²) in [5.74, 6) is -0.590. The SMILES string of the molecule is COCCNC(=O)c1cn([C@@H](C)c2ccc(F)cc2)nn1. The summed E-state index contributed by atoms with van der Waals surface area (Å²) in [6.45, 7) is 2.75. The van der Waals surface area contributed by atoms with Gasteiger partial charge >= 0.3 is 0 Å². The van der Waals surface area contributed by atoms with Gasteiger partial charge in [0.1, 0.15) is 5.82 Å². The van der Waals surface area contributed by atoms with E-state index in [0.29, 0.717) is 13.2 Å². The Bertz CT molecular complexity index is 597. The number of carbonyl (C=O) groups is 1. The van der Waals surface area contributed by atoms with Gasteiger partial charge in [-0.05, 0) is 24.6 Å². The van der Waals surface area contributed by atoms with Crippen LogP contribution in [-0.2, 0) is 4.74 Å². The number of nitrogens with one attached hydrogen (secondary N) is 1. The Kier molecular flexibility index (Phi) is 4.99. The average molecular weight is 292 g/mol. The number of amides is 1. The van der Waals surface area contributed by atoms with Gasteiger partial charge in [0, 0.05) is 13.7 Å². The maximum Gasteiger partial charge on any atom is 0.273 e. The van der Waals surface area contributed by atoms with Gasteiger partial charge in [-0.3, -0.25) is 4.79 Å². The van der Waals surface area contributed by atoms with Crippen molar-refractivity contribution in [1.82, 2.24) is 20.3 Å². The summed E-state index contributed by atoms with van der Waals surface area (Å²) in [5, 5.41) is 10.5. The molecular weight excluding hydrogens is 275 g/mol. The van der Waals surface area contributed by atoms with Crippen molar-refractivity contribution in [3.05, 3.63) is 47.5 Å². The second-order valence-corrected chi connectivity index (χ2v) is 4.56. The minimum Gasteiger partial charge on any atom is -0.383 e. The van der Waals surface area contributed by atoms with Gasteiger partial charge in [0.15, 0.2) is 5.69 Å². The van der Waals surface area contributed by atoms with Crippen LogP contribution in [0, 0.1) is 5.82 Å². The molecule has 0 bridgehead atoms. The van der Waals surface area contributed by atoms with Crippen molar-refractivity contribution in [3.63, 3.8) is 0 Å². The smallest absolute Gasteiger partial charge is 0.273 e. The van der Waals surface area contributed by atoms with Gasteiger partial charge in [0.25, 0.3) is 5.91 Å². The lowest BCUT2D eigenvalue weighted by molar-refractivity contribution is 0.0932. The molecule has 1 amide bonds. The number of hydrogen-bond acceptors (Lipinski definition) is 4. The molecule has 1 aromatic heterocycles. The Hall–Kier alpha value is -2.28. The monoisotopic (exact) mass is 292 g/mol. The summed E-state index contributed by atoms with van der Waals surface area (Å²) < 4.78 is 19.3. The van der Waals surface area contributed by atoms with Crippen molar-refractivity contribution in [2.75, 3.05) is 20.3 Å². The lowest BCUT2D eigenvalue weighted by atomic mass is 10.1. The van der Waals surface area contributed by atoms with E-state index in [1.54, 1.807) is 30.1 Å². The average Bonchev–Trinajstić information content (AvgIpc) is 2.97. The maximum atomic E-state index is 12.9. The fourth-order valence-corrected chi connectivity index (χ4v) is 1.82. The number of nitrogens with zero attached hydrogens (tertiary/aromatic N) is 3. The topological polar surface area (TPSA) is 69.0 Å². The third-order valence-electron chi connectivity index (χ3n) is 3.08. The first-order valence-corrected chi connectivity index (χ1v) is 6.56. The molecule has 1 aromatic carbocycles. The van der Waals surface area contributed by atoms with E-state index in [1.807, 2.05) is 6.92 Å². The van der Waals surface area contributed by atoms with Gasteiger partial charge in [0.05, 0.1) is 18.8 Å². The van der Waals surface area contributed by atoms with Crippen LogP contribution in [0.3, 0.4) is 0 Å². The van der Waals surface area contributed by atoms with Crippen LogP contribution in [0.25, 0.3) is 0 Å². The minimum atomic E-state index is -0.301. The van der Waals surface area contributed by atoms with Crippen LogP contribution in [0.5, 0.6) is 0 Å². The lowest BCUT2D eigenvalue weighted by Gasteiger charge is -2.11. The number of benzene rings is 1. The van der Waals surface area contributed by atoms with Crippen LogP contribution in [-0.4, -0.2) is 41.2 Å². The predicted molar refractivity (Wildman–Crippen MR) is 74.4 cm³/mol. The van der Waals surface area contributed by atoms with Gasteiger partial charge in [-0.15, -0.1) is 5.10 Å². The fourth-order valence-electron chi connectivity index (χ4n) is 1.82. The van der Waals surface area contributed by atoms with Crippen molar-refractivity contribution in [3.8, 4) is 0 Å². The molecule has 2 aromatic rings. The number of rotatable bonds is 6. The second kappa shape index (κ2) is 6.94. The van der Waals surface area contributed by atoms with Crippen molar-refractivity contribution in [1.29, 1.82) is 0 Å². The van der Waals surface area contributed by atoms with E-state index in [1.165, 1.54) is 12.1 Å². The number of halogens is 1. The molecule has 0 saturated carbocycles. The molecule has 112 valence electrons. The third kappa shape index (κ3) is 3.85. The molecule has 0 spiro atoms. The van der Waals surface area contributed by atoms with E-state index in [2.05, 4.69) is 15.6 Å². The molecule has 2 rings (SSSR count). The zero-order valence-corrected chi connectivity index (χ0v) is 11.9. The standard InChI is InChI=1S/C14H17FN4O2/c1-10(11-3-5-12(15)6-4-11)19-9-13(17-18-19)14(20)16-7-8-21-2/h3-6,9-10H,7-8H2,1-2H3,(H,16,20)/t10-/m0/s1. The molecule has 0 aliphatic rings. The number of aromatic nitrogens is 3. The van der Waals surface area contributed by atoms with E-state index in [4.69, 9.17) is 4.74 Å². The quantitative estimate of drug-likeness (QED) is 0.817. The van der Waals surface area contributed by atoms with Crippen LogP contribution in [0.1, 0.15) is 29.0 Å². The Morgan fingerprint density at radius 1 is 1.43 bits per heavy atom. The van der Waals surface area contributed by atoms with Crippen LogP contribution < -0.4 is 5.32 Å². The maximum absolute atomic E-state index is 12.9. The van der Waals surface area contributed by atoms with E-state index < -0.39 is 0 Å². The first kappa shape index (κ1) is 15.1. The molecular formula is C14H17FN4O2. The number of ether oxygens (including phenoxy) is 1. The first-order chi connectivity index (χ1) is 10.1. The molecule has 1 N–H and O–H groups in total. The summed E-state index contributed by atoms with van der Waals surface area (Å²) in [6.07, 6.45) is 1.57. The normalized spacial score (nSPS) is 12.1. The molecule has 1 heterocycles. The number of hydrogen-bond donors (Lipinski definition) is 1. The highest BCUT2D eigenvalue weighted by Gasteiger charge is 2.14. The van der Waals surface area contributed by atoms with Crippen LogP contribution >= 0.6 is 0 Å². The van der Waals surface area contributed by atoms with Crippen LogP contribution in [0.2, 0.25) is 0 Å². The van der Waals surface area contributed by atoms with Gasteiger partial charge in [-0.1, -0.05) is 17.3 Å². The van der Waals surface area contributed by atoms with Crippen LogP contribution in [0.4, 0.5) is 4.39 Å². The Morgan fingerprint density at radius 3 is 2.81 bits per heavy atom. The summed E-state index contributed by atoms with van der Waals surface area (Å²) in [4.78, 5) is 11.8. The minimum absolute atomic E-state index is 0.140. The zero-order chi connectivity index (χ0) is 15.2. The largest absolute Gasteiger partial charge is 0.383 e. The van der Waals surface area contributed by atoms with E-state index in [9.17, 15) is 9.18 Å². The van der Waals surface area contributed by atoms with Gasteiger partial charge in [-0.2, -0.15) is 0 Å². The highest BCUT2D eigenvalue weighted by molar-refractivity contribution is 5.91. The van der Waals surface area contributed by atoms with Gasteiger partial charge in [0.2, 0.25) is 0 Å². The van der Waals surface area contributed by atoms with Crippen molar-refractivity contribution >= 4 is 5.91 Å². The van der Waals surface area contributed by atoms with E-state index >= 15 is 0 Å². The molecule has 0 fully saturated rings. The van der Waals surface area contributed by atoms with E-state index in [0.717, 1.165) is 5.56 Å². The summed E-state index contributed by atoms with van der Waals surface area (Å²) in [5.41, 5.74) is 1.12. The van der Waals surface area contributed by atoms with E-state index in [-0.39, 0.29) is 23.5 Å². The van der Waals surface area contributed by atoms with Crippen molar-refractivity contribution < 1.29 is 13.9 Å². The first-order valence-electron chi connectivity index (χ1n) is 6.56. The van der Waals surface area contributed by atoms with Gasteiger partial charge in [-0.25, -0.2) is 9.07 Å². The Balaban J connectivity index is 2.05. The Morgan fingerprint density at radius 2 is 2.14 bits per heavy atom. The Labute approximate surface area is 121 Å². The predicted octanol–water partition coefficient (Wildman–Crippen LogP) is 1.40. The molecule has 0 saturated heterocycles. The molecule has 6 nitrogen and oxygen atoms in total. The fraction of sp³-hybridized carbons (Fsp3) is 0.357. The molecule has 21 heavy (non-hydrogen) atoms. The zero-order valence-electron chi connectivity index (χ0n) is 11.9. The van der Waals surface area contributed by atoms with Gasteiger partial charge < -0.3 is 10.1 Å². The summed E-state index contributed by atoms with van der Waals surface area (Å²) in [6, 6.07) is 6.00. The number of carbonyl (C=O) groups excluding carboxylic acids is 1. The second-order valence-electron chi connectivity index (χ2n) is 4.56. The highest BCUT2D eigenvalue weighted by Crippen LogP contribution is 2.17. The molecule has 0 aliphatic heterocycles. The summed E-state index contributed by atoms with van der Waals surface area (Å²) in [7, 11) is 1.56. The molecule has 0 unspecified atom stereocenters.